The number of anilines is 1. The first-order valence-electron chi connectivity index (χ1n) is 8.26. The lowest BCUT2D eigenvalue weighted by atomic mass is 10.1. The summed E-state index contributed by atoms with van der Waals surface area (Å²) in [4.78, 5) is 16.7. The zero-order valence-corrected chi connectivity index (χ0v) is 15.8. The lowest BCUT2D eigenvalue weighted by molar-refractivity contribution is -0.116. The first-order chi connectivity index (χ1) is 11.9. The first-order valence-corrected chi connectivity index (χ1v) is 9.14. The number of nitrogens with zero attached hydrogens (tertiary/aromatic N) is 3. The second-order valence-corrected chi connectivity index (χ2v) is 7.14. The van der Waals surface area contributed by atoms with Crippen LogP contribution in [0.1, 0.15) is 28.9 Å². The van der Waals surface area contributed by atoms with Gasteiger partial charge in [0.05, 0.1) is 11.4 Å². The summed E-state index contributed by atoms with van der Waals surface area (Å²) in [6, 6.07) is 8.29. The Morgan fingerprint density at radius 3 is 2.64 bits per heavy atom. The van der Waals surface area contributed by atoms with Crippen LogP contribution >= 0.6 is 11.3 Å². The third kappa shape index (κ3) is 4.14. The Balaban J connectivity index is 1.61. The molecular weight excluding hydrogens is 332 g/mol. The quantitative estimate of drug-likeness (QED) is 0.744. The number of aromatic nitrogens is 3. The molecule has 0 aliphatic carbocycles. The average Bonchev–Trinajstić information content (AvgIpc) is 3.14. The highest BCUT2D eigenvalue weighted by molar-refractivity contribution is 7.14. The largest absolute Gasteiger partial charge is 0.302 e. The van der Waals surface area contributed by atoms with E-state index in [0.717, 1.165) is 22.6 Å². The second-order valence-electron chi connectivity index (χ2n) is 6.29. The molecular formula is C19H22N4OS. The smallest absolute Gasteiger partial charge is 0.228 e. The van der Waals surface area contributed by atoms with Crippen LogP contribution in [0.3, 0.4) is 0 Å². The van der Waals surface area contributed by atoms with E-state index in [0.29, 0.717) is 18.1 Å². The van der Waals surface area contributed by atoms with Gasteiger partial charge in [0.2, 0.25) is 5.91 Å². The number of amides is 1. The van der Waals surface area contributed by atoms with E-state index in [2.05, 4.69) is 47.4 Å². The molecule has 25 heavy (non-hydrogen) atoms. The van der Waals surface area contributed by atoms with Gasteiger partial charge in [0, 0.05) is 29.6 Å². The van der Waals surface area contributed by atoms with Crippen molar-refractivity contribution >= 4 is 22.4 Å². The molecule has 0 unspecified atom stereocenters. The second kappa shape index (κ2) is 7.19. The number of benzene rings is 1. The lowest BCUT2D eigenvalue weighted by Gasteiger charge is -2.04. The molecule has 130 valence electrons. The van der Waals surface area contributed by atoms with Crippen molar-refractivity contribution in [3.63, 3.8) is 0 Å². The third-order valence-electron chi connectivity index (χ3n) is 4.21. The Labute approximate surface area is 151 Å². The fraction of sp³-hybridized carbons (Fsp3) is 0.316. The van der Waals surface area contributed by atoms with Crippen LogP contribution in [-0.2, 0) is 11.3 Å². The van der Waals surface area contributed by atoms with Crippen molar-refractivity contribution in [1.29, 1.82) is 0 Å². The summed E-state index contributed by atoms with van der Waals surface area (Å²) in [5, 5.41) is 9.86. The molecule has 2 aromatic heterocycles. The summed E-state index contributed by atoms with van der Waals surface area (Å²) in [5.74, 6) is -0.0476. The molecule has 0 saturated carbocycles. The van der Waals surface area contributed by atoms with E-state index in [9.17, 15) is 4.79 Å². The Bertz CT molecular complexity index is 910. The van der Waals surface area contributed by atoms with Crippen molar-refractivity contribution in [2.24, 2.45) is 0 Å². The van der Waals surface area contributed by atoms with Gasteiger partial charge < -0.3 is 5.32 Å². The Hall–Kier alpha value is -2.47. The van der Waals surface area contributed by atoms with Gasteiger partial charge in [-0.15, -0.1) is 11.3 Å². The highest BCUT2D eigenvalue weighted by Gasteiger charge is 2.10. The maximum Gasteiger partial charge on any atom is 0.228 e. The van der Waals surface area contributed by atoms with Crippen LogP contribution in [0.15, 0.2) is 29.6 Å². The molecule has 1 N–H and O–H groups in total. The van der Waals surface area contributed by atoms with Gasteiger partial charge in [0.15, 0.2) is 5.13 Å². The Morgan fingerprint density at radius 2 is 1.96 bits per heavy atom. The maximum absolute atomic E-state index is 12.2. The molecule has 3 rings (SSSR count). The van der Waals surface area contributed by atoms with Crippen molar-refractivity contribution in [3.8, 4) is 11.3 Å². The van der Waals surface area contributed by atoms with Crippen LogP contribution in [0, 0.1) is 27.7 Å². The van der Waals surface area contributed by atoms with Crippen LogP contribution in [-0.4, -0.2) is 20.7 Å². The predicted molar refractivity (Wildman–Crippen MR) is 102 cm³/mol. The van der Waals surface area contributed by atoms with Gasteiger partial charge >= 0.3 is 0 Å². The number of nitrogens with one attached hydrogen (secondary N) is 1. The maximum atomic E-state index is 12.2. The van der Waals surface area contributed by atoms with Gasteiger partial charge in [-0.05, 0) is 51.0 Å². The number of aryl methyl sites for hydroxylation is 5. The van der Waals surface area contributed by atoms with Gasteiger partial charge in [-0.1, -0.05) is 12.1 Å². The van der Waals surface area contributed by atoms with Crippen LogP contribution < -0.4 is 5.32 Å². The normalized spacial score (nSPS) is 10.9. The highest BCUT2D eigenvalue weighted by atomic mass is 32.1. The highest BCUT2D eigenvalue weighted by Crippen LogP contribution is 2.26. The number of hydrogen-bond donors (Lipinski definition) is 1. The molecule has 1 amide bonds. The van der Waals surface area contributed by atoms with Crippen LogP contribution in [0.5, 0.6) is 0 Å². The van der Waals surface area contributed by atoms with E-state index < -0.39 is 0 Å². The van der Waals surface area contributed by atoms with Crippen molar-refractivity contribution in [2.45, 2.75) is 40.7 Å². The first kappa shape index (κ1) is 17.4. The topological polar surface area (TPSA) is 59.8 Å². The zero-order chi connectivity index (χ0) is 18.0. The molecule has 3 aromatic rings. The standard InChI is InChI=1S/C19H22N4OS/c1-12-5-6-16(9-13(12)2)17-11-25-19(20-17)21-18(24)7-8-23-15(4)10-14(3)22-23/h5-6,9-11H,7-8H2,1-4H3,(H,20,21,24). The lowest BCUT2D eigenvalue weighted by Crippen LogP contribution is -2.15. The molecule has 0 atom stereocenters. The molecule has 0 aliphatic heterocycles. The van der Waals surface area contributed by atoms with Crippen LogP contribution in [0.2, 0.25) is 0 Å². The van der Waals surface area contributed by atoms with Gasteiger partial charge in [0.1, 0.15) is 0 Å². The summed E-state index contributed by atoms with van der Waals surface area (Å²) in [6.45, 7) is 8.70. The van der Waals surface area contributed by atoms with Crippen LogP contribution in [0.25, 0.3) is 11.3 Å². The average molecular weight is 354 g/mol. The van der Waals surface area contributed by atoms with E-state index in [1.165, 1.54) is 22.5 Å². The molecule has 2 heterocycles. The summed E-state index contributed by atoms with van der Waals surface area (Å²) >= 11 is 1.45. The fourth-order valence-corrected chi connectivity index (χ4v) is 3.39. The van der Waals surface area contributed by atoms with E-state index in [1.54, 1.807) is 0 Å². The minimum atomic E-state index is -0.0476. The molecule has 0 radical (unpaired) electrons. The minimum Gasteiger partial charge on any atom is -0.302 e. The fourth-order valence-electron chi connectivity index (χ4n) is 2.66. The number of hydrogen-bond acceptors (Lipinski definition) is 4. The summed E-state index contributed by atoms with van der Waals surface area (Å²) < 4.78 is 1.86. The number of thiazole rings is 1. The SMILES string of the molecule is Cc1cc(C)n(CCC(=O)Nc2nc(-c3ccc(C)c(C)c3)cs2)n1. The van der Waals surface area contributed by atoms with Crippen molar-refractivity contribution in [3.05, 3.63) is 52.2 Å². The van der Waals surface area contributed by atoms with E-state index >= 15 is 0 Å². The predicted octanol–water partition coefficient (Wildman–Crippen LogP) is 4.27. The molecule has 0 aliphatic rings. The molecule has 6 heteroatoms. The number of carbonyl (C=O) groups excluding carboxylic acids is 1. The summed E-state index contributed by atoms with van der Waals surface area (Å²) in [5.41, 5.74) is 6.49. The molecule has 1 aromatic carbocycles. The minimum absolute atomic E-state index is 0.0476. The number of carbonyl (C=O) groups is 1. The van der Waals surface area contributed by atoms with Crippen molar-refractivity contribution in [2.75, 3.05) is 5.32 Å². The molecule has 0 spiro atoms. The Kier molecular flexibility index (Phi) is 4.99. The summed E-state index contributed by atoms with van der Waals surface area (Å²) in [6.07, 6.45) is 0.376. The number of rotatable bonds is 5. The monoisotopic (exact) mass is 354 g/mol. The van der Waals surface area contributed by atoms with Crippen molar-refractivity contribution < 1.29 is 4.79 Å². The molecule has 5 nitrogen and oxygen atoms in total. The van der Waals surface area contributed by atoms with E-state index in [1.807, 2.05) is 30.0 Å². The Morgan fingerprint density at radius 1 is 1.16 bits per heavy atom. The van der Waals surface area contributed by atoms with Crippen LogP contribution in [0.4, 0.5) is 5.13 Å². The molecule has 0 fully saturated rings. The molecule has 0 saturated heterocycles. The van der Waals surface area contributed by atoms with E-state index in [-0.39, 0.29) is 5.91 Å². The zero-order valence-electron chi connectivity index (χ0n) is 15.0. The van der Waals surface area contributed by atoms with Gasteiger partial charge in [-0.2, -0.15) is 5.10 Å². The third-order valence-corrected chi connectivity index (χ3v) is 4.96. The van der Waals surface area contributed by atoms with E-state index in [4.69, 9.17) is 0 Å². The summed E-state index contributed by atoms with van der Waals surface area (Å²) in [7, 11) is 0. The van der Waals surface area contributed by atoms with Gasteiger partial charge in [-0.3, -0.25) is 9.48 Å². The molecule has 0 bridgehead atoms. The van der Waals surface area contributed by atoms with Crippen molar-refractivity contribution in [1.82, 2.24) is 14.8 Å². The van der Waals surface area contributed by atoms with Gasteiger partial charge in [0.25, 0.3) is 0 Å². The van der Waals surface area contributed by atoms with Gasteiger partial charge in [-0.25, -0.2) is 4.98 Å².